The number of amides is 2. The summed E-state index contributed by atoms with van der Waals surface area (Å²) in [5.41, 5.74) is 1.67. The molecule has 0 spiro atoms. The highest BCUT2D eigenvalue weighted by Crippen LogP contribution is 2.27. The van der Waals surface area contributed by atoms with Gasteiger partial charge in [0.15, 0.2) is 0 Å². The Hall–Kier alpha value is -2.14. The molecular weight excluding hydrogens is 278 g/mol. The number of benzene rings is 1. The minimum atomic E-state index is -0.0335. The predicted molar refractivity (Wildman–Crippen MR) is 86.3 cm³/mol. The molecule has 2 N–H and O–H groups in total. The third kappa shape index (κ3) is 3.54. The van der Waals surface area contributed by atoms with E-state index in [0.29, 0.717) is 18.4 Å². The van der Waals surface area contributed by atoms with Gasteiger partial charge in [-0.3, -0.25) is 9.59 Å². The van der Waals surface area contributed by atoms with Crippen LogP contribution in [-0.2, 0) is 9.59 Å². The van der Waals surface area contributed by atoms with Crippen molar-refractivity contribution in [3.63, 3.8) is 0 Å². The number of nitrogens with zero attached hydrogens (tertiary/aromatic N) is 1. The first-order valence-corrected chi connectivity index (χ1v) is 7.76. The van der Waals surface area contributed by atoms with Crippen molar-refractivity contribution in [2.24, 2.45) is 5.92 Å². The molecule has 3 aliphatic heterocycles. The lowest BCUT2D eigenvalue weighted by Gasteiger charge is -2.44. The van der Waals surface area contributed by atoms with E-state index in [4.69, 9.17) is 0 Å². The standard InChI is InChI=1S/C17H21N3O2/c21-12-18-15-4-1-13(2-5-15)3-6-17(22)19-16-11-20-9-7-14(16)8-10-20/h1-6,12,14,16H,7-11H2,(H,18,21)(H,19,22). The van der Waals surface area contributed by atoms with Crippen LogP contribution in [0.2, 0.25) is 0 Å². The number of anilines is 1. The van der Waals surface area contributed by atoms with Crippen LogP contribution in [0.25, 0.3) is 6.08 Å². The van der Waals surface area contributed by atoms with E-state index in [0.717, 1.165) is 17.8 Å². The molecule has 4 rings (SSSR count). The van der Waals surface area contributed by atoms with Crippen LogP contribution in [0, 0.1) is 5.92 Å². The van der Waals surface area contributed by atoms with Crippen LogP contribution in [0.3, 0.4) is 0 Å². The first-order chi connectivity index (χ1) is 10.7. The molecule has 3 heterocycles. The fourth-order valence-corrected chi connectivity index (χ4v) is 3.29. The summed E-state index contributed by atoms with van der Waals surface area (Å²) in [5, 5.41) is 5.71. The Kier molecular flexibility index (Phi) is 4.53. The van der Waals surface area contributed by atoms with Crippen molar-refractivity contribution in [3.8, 4) is 0 Å². The normalized spacial score (nSPS) is 26.8. The van der Waals surface area contributed by atoms with E-state index in [2.05, 4.69) is 15.5 Å². The second kappa shape index (κ2) is 6.75. The van der Waals surface area contributed by atoms with Gasteiger partial charge < -0.3 is 15.5 Å². The van der Waals surface area contributed by atoms with Gasteiger partial charge in [0, 0.05) is 24.4 Å². The van der Waals surface area contributed by atoms with Gasteiger partial charge in [0.1, 0.15) is 0 Å². The van der Waals surface area contributed by atoms with Crippen LogP contribution in [0.5, 0.6) is 0 Å². The molecule has 3 aliphatic rings. The molecule has 1 unspecified atom stereocenters. The molecule has 5 heteroatoms. The van der Waals surface area contributed by atoms with Gasteiger partial charge in [-0.05, 0) is 55.6 Å². The van der Waals surface area contributed by atoms with Gasteiger partial charge in [-0.15, -0.1) is 0 Å². The van der Waals surface area contributed by atoms with Crippen LogP contribution in [-0.4, -0.2) is 42.9 Å². The van der Waals surface area contributed by atoms with E-state index < -0.39 is 0 Å². The highest BCUT2D eigenvalue weighted by molar-refractivity contribution is 5.92. The summed E-state index contributed by atoms with van der Waals surface area (Å²) in [6.07, 6.45) is 6.41. The zero-order chi connectivity index (χ0) is 15.4. The monoisotopic (exact) mass is 299 g/mol. The smallest absolute Gasteiger partial charge is 0.244 e. The number of fused-ring (bicyclic) bond motifs is 3. The van der Waals surface area contributed by atoms with Crippen molar-refractivity contribution in [3.05, 3.63) is 35.9 Å². The summed E-state index contributed by atoms with van der Waals surface area (Å²) in [5.74, 6) is 0.602. The SMILES string of the molecule is O=CNc1ccc(C=CC(=O)NC2CN3CCC2CC3)cc1. The second-order valence-electron chi connectivity index (χ2n) is 5.97. The second-order valence-corrected chi connectivity index (χ2v) is 5.97. The first kappa shape index (κ1) is 14.8. The maximum atomic E-state index is 12.1. The zero-order valence-corrected chi connectivity index (χ0v) is 12.5. The molecule has 0 aliphatic carbocycles. The lowest BCUT2D eigenvalue weighted by molar-refractivity contribution is -0.118. The van der Waals surface area contributed by atoms with Gasteiger partial charge in [0.2, 0.25) is 12.3 Å². The van der Waals surface area contributed by atoms with Crippen molar-refractivity contribution in [2.45, 2.75) is 18.9 Å². The maximum absolute atomic E-state index is 12.1. The van der Waals surface area contributed by atoms with E-state index in [1.54, 1.807) is 24.3 Å². The molecule has 22 heavy (non-hydrogen) atoms. The lowest BCUT2D eigenvalue weighted by Crippen LogP contribution is -2.57. The van der Waals surface area contributed by atoms with E-state index in [1.807, 2.05) is 12.1 Å². The Bertz CT molecular complexity index is 560. The molecule has 3 saturated heterocycles. The average molecular weight is 299 g/mol. The third-order valence-electron chi connectivity index (χ3n) is 4.55. The van der Waals surface area contributed by atoms with Gasteiger partial charge in [-0.25, -0.2) is 0 Å². The van der Waals surface area contributed by atoms with Crippen molar-refractivity contribution < 1.29 is 9.59 Å². The molecule has 2 amide bonds. The molecule has 5 nitrogen and oxygen atoms in total. The fraction of sp³-hybridized carbons (Fsp3) is 0.412. The Morgan fingerprint density at radius 3 is 2.50 bits per heavy atom. The largest absolute Gasteiger partial charge is 0.348 e. The van der Waals surface area contributed by atoms with Crippen molar-refractivity contribution in [1.82, 2.24) is 10.2 Å². The highest BCUT2D eigenvalue weighted by atomic mass is 16.1. The molecule has 0 radical (unpaired) electrons. The zero-order valence-electron chi connectivity index (χ0n) is 12.5. The summed E-state index contributed by atoms with van der Waals surface area (Å²) in [6.45, 7) is 3.33. The fourth-order valence-electron chi connectivity index (χ4n) is 3.29. The minimum Gasteiger partial charge on any atom is -0.348 e. The topological polar surface area (TPSA) is 61.4 Å². The molecule has 3 fully saturated rings. The molecular formula is C17H21N3O2. The number of hydrogen-bond acceptors (Lipinski definition) is 3. The summed E-state index contributed by atoms with van der Waals surface area (Å²) < 4.78 is 0. The van der Waals surface area contributed by atoms with Crippen molar-refractivity contribution in [1.29, 1.82) is 0 Å². The van der Waals surface area contributed by atoms with Crippen LogP contribution in [0.15, 0.2) is 30.3 Å². The van der Waals surface area contributed by atoms with Crippen LogP contribution >= 0.6 is 0 Å². The van der Waals surface area contributed by atoms with Crippen LogP contribution < -0.4 is 10.6 Å². The van der Waals surface area contributed by atoms with Gasteiger partial charge in [-0.2, -0.15) is 0 Å². The lowest BCUT2D eigenvalue weighted by atomic mass is 9.84. The summed E-state index contributed by atoms with van der Waals surface area (Å²) in [4.78, 5) is 24.8. The summed E-state index contributed by atoms with van der Waals surface area (Å²) in [7, 11) is 0. The highest BCUT2D eigenvalue weighted by Gasteiger charge is 2.34. The Morgan fingerprint density at radius 1 is 1.18 bits per heavy atom. The quantitative estimate of drug-likeness (QED) is 0.639. The molecule has 1 aromatic carbocycles. The number of piperidine rings is 3. The number of nitrogens with one attached hydrogen (secondary N) is 2. The van der Waals surface area contributed by atoms with E-state index in [-0.39, 0.29) is 5.91 Å². The third-order valence-corrected chi connectivity index (χ3v) is 4.55. The Labute approximate surface area is 130 Å². The molecule has 1 atom stereocenters. The van der Waals surface area contributed by atoms with Gasteiger partial charge in [0.25, 0.3) is 0 Å². The van der Waals surface area contributed by atoms with Crippen LogP contribution in [0.4, 0.5) is 5.69 Å². The Balaban J connectivity index is 1.53. The number of carbonyl (C=O) groups is 2. The van der Waals surface area contributed by atoms with Crippen LogP contribution in [0.1, 0.15) is 18.4 Å². The average Bonchev–Trinajstić information content (AvgIpc) is 2.56. The maximum Gasteiger partial charge on any atom is 0.244 e. The van der Waals surface area contributed by atoms with E-state index in [1.165, 1.54) is 25.9 Å². The molecule has 0 aromatic heterocycles. The molecule has 1 aromatic rings. The van der Waals surface area contributed by atoms with Crippen molar-refractivity contribution >= 4 is 24.1 Å². The predicted octanol–water partition coefficient (Wildman–Crippen LogP) is 1.48. The van der Waals surface area contributed by atoms with Crippen molar-refractivity contribution in [2.75, 3.05) is 25.0 Å². The number of carbonyl (C=O) groups excluding carboxylic acids is 2. The van der Waals surface area contributed by atoms with E-state index in [9.17, 15) is 9.59 Å². The molecule has 2 bridgehead atoms. The Morgan fingerprint density at radius 2 is 1.91 bits per heavy atom. The minimum absolute atomic E-state index is 0.0335. The van der Waals surface area contributed by atoms with Gasteiger partial charge >= 0.3 is 0 Å². The first-order valence-electron chi connectivity index (χ1n) is 7.76. The molecule has 0 saturated carbocycles. The molecule has 116 valence electrons. The van der Waals surface area contributed by atoms with Gasteiger partial charge in [-0.1, -0.05) is 12.1 Å². The van der Waals surface area contributed by atoms with E-state index >= 15 is 0 Å². The summed E-state index contributed by atoms with van der Waals surface area (Å²) in [6, 6.07) is 7.63. The number of rotatable bonds is 5. The number of hydrogen-bond donors (Lipinski definition) is 2. The van der Waals surface area contributed by atoms with Gasteiger partial charge in [0.05, 0.1) is 0 Å². The summed E-state index contributed by atoms with van der Waals surface area (Å²) >= 11 is 0.